The number of carboxylic acids is 1. The maximum Gasteiger partial charge on any atom is 0.356 e. The number of pyridine rings is 1. The average Bonchev–Trinajstić information content (AvgIpc) is 2.92. The van der Waals surface area contributed by atoms with Gasteiger partial charge in [0.2, 0.25) is 0 Å². The van der Waals surface area contributed by atoms with Gasteiger partial charge in [-0.05, 0) is 12.1 Å². The molecule has 0 fully saturated rings. The summed E-state index contributed by atoms with van der Waals surface area (Å²) in [5.74, 6) is -1.50. The van der Waals surface area contributed by atoms with Gasteiger partial charge < -0.3 is 5.11 Å². The van der Waals surface area contributed by atoms with Crippen molar-refractivity contribution in [2.45, 2.75) is 6.92 Å². The molecule has 0 saturated heterocycles. The van der Waals surface area contributed by atoms with Gasteiger partial charge in [0.15, 0.2) is 11.5 Å². The lowest BCUT2D eigenvalue weighted by Crippen LogP contribution is -2.03. The molecule has 3 aromatic rings. The van der Waals surface area contributed by atoms with Gasteiger partial charge in [0.25, 0.3) is 0 Å². The Hall–Kier alpha value is -2.60. The summed E-state index contributed by atoms with van der Waals surface area (Å²) in [6.07, 6.45) is 1.67. The van der Waals surface area contributed by atoms with E-state index in [-0.39, 0.29) is 16.4 Å². The maximum absolute atomic E-state index is 11.6. The number of ketones is 1. The molecule has 0 unspecified atom stereocenters. The van der Waals surface area contributed by atoms with Crippen LogP contribution in [0.2, 0.25) is 0 Å². The van der Waals surface area contributed by atoms with Gasteiger partial charge in [-0.25, -0.2) is 9.78 Å². The second kappa shape index (κ2) is 5.06. The van der Waals surface area contributed by atoms with E-state index in [0.29, 0.717) is 5.01 Å². The molecule has 1 aromatic carbocycles. The van der Waals surface area contributed by atoms with Gasteiger partial charge in [0.1, 0.15) is 9.88 Å². The van der Waals surface area contributed by atoms with Gasteiger partial charge >= 0.3 is 5.97 Å². The molecule has 1 N–H and O–H groups in total. The second-order valence-electron chi connectivity index (χ2n) is 4.44. The van der Waals surface area contributed by atoms with Crippen LogP contribution in [0.1, 0.15) is 27.1 Å². The third kappa shape index (κ3) is 2.30. The van der Waals surface area contributed by atoms with Crippen LogP contribution in [-0.4, -0.2) is 26.8 Å². The zero-order chi connectivity index (χ0) is 15.0. The normalized spacial score (nSPS) is 10.7. The number of hydrogen-bond donors (Lipinski definition) is 1. The standard InChI is InChI=1S/C15H10N2O3S/c1-8(18)13-12(15(19)20)17-14(21-13)10-6-2-4-9-5-3-7-16-11(9)10/h2-7H,1H3,(H,19,20). The molecule has 0 aliphatic heterocycles. The van der Waals surface area contributed by atoms with Crippen molar-refractivity contribution in [3.8, 4) is 10.6 Å². The fourth-order valence-corrected chi connectivity index (χ4v) is 3.07. The number of nitrogens with zero attached hydrogens (tertiary/aromatic N) is 2. The first-order chi connectivity index (χ1) is 10.1. The molecule has 5 nitrogen and oxygen atoms in total. The number of thiazole rings is 1. The fourth-order valence-electron chi connectivity index (χ4n) is 2.10. The molecule has 6 heteroatoms. The van der Waals surface area contributed by atoms with Crippen LogP contribution in [-0.2, 0) is 0 Å². The van der Waals surface area contributed by atoms with E-state index in [4.69, 9.17) is 5.11 Å². The summed E-state index contributed by atoms with van der Waals surface area (Å²) in [5.41, 5.74) is 1.27. The van der Waals surface area contributed by atoms with Crippen LogP contribution < -0.4 is 0 Å². The number of carboxylic acid groups (broad SMARTS) is 1. The maximum atomic E-state index is 11.6. The summed E-state index contributed by atoms with van der Waals surface area (Å²) in [7, 11) is 0. The molecule has 0 radical (unpaired) electrons. The molecular formula is C15H10N2O3S. The lowest BCUT2D eigenvalue weighted by atomic mass is 10.1. The lowest BCUT2D eigenvalue weighted by molar-refractivity contribution is 0.0687. The number of rotatable bonds is 3. The van der Waals surface area contributed by atoms with Crippen LogP contribution >= 0.6 is 11.3 Å². The summed E-state index contributed by atoms with van der Waals surface area (Å²) < 4.78 is 0. The third-order valence-electron chi connectivity index (χ3n) is 3.01. The molecule has 3 rings (SSSR count). The van der Waals surface area contributed by atoms with Crippen LogP contribution in [0.4, 0.5) is 0 Å². The molecule has 0 spiro atoms. The van der Waals surface area contributed by atoms with E-state index in [1.807, 2.05) is 30.3 Å². The third-order valence-corrected chi connectivity index (χ3v) is 4.20. The van der Waals surface area contributed by atoms with Crippen molar-refractivity contribution in [3.05, 3.63) is 47.1 Å². The monoisotopic (exact) mass is 298 g/mol. The number of fused-ring (bicyclic) bond motifs is 1. The van der Waals surface area contributed by atoms with Gasteiger partial charge in [0.05, 0.1) is 5.52 Å². The Labute approximate surface area is 123 Å². The topological polar surface area (TPSA) is 80.2 Å². The molecule has 21 heavy (non-hydrogen) atoms. The quantitative estimate of drug-likeness (QED) is 0.751. The predicted octanol–water partition coefficient (Wildman–Crippen LogP) is 3.26. The Morgan fingerprint density at radius 2 is 1.95 bits per heavy atom. The summed E-state index contributed by atoms with van der Waals surface area (Å²) in [6.45, 7) is 1.34. The average molecular weight is 298 g/mol. The van der Waals surface area contributed by atoms with E-state index < -0.39 is 5.97 Å². The van der Waals surface area contributed by atoms with Crippen LogP contribution in [0.15, 0.2) is 36.5 Å². The summed E-state index contributed by atoms with van der Waals surface area (Å²) in [4.78, 5) is 31.4. The number of benzene rings is 1. The van der Waals surface area contributed by atoms with Crippen molar-refractivity contribution in [2.24, 2.45) is 0 Å². The zero-order valence-corrected chi connectivity index (χ0v) is 11.8. The Kier molecular flexibility index (Phi) is 3.23. The highest BCUT2D eigenvalue weighted by molar-refractivity contribution is 7.17. The molecule has 0 saturated carbocycles. The Bertz CT molecular complexity index is 833. The van der Waals surface area contributed by atoms with E-state index in [2.05, 4.69) is 9.97 Å². The SMILES string of the molecule is CC(=O)c1sc(-c2cccc3cccnc23)nc1C(=O)O. The van der Waals surface area contributed by atoms with Gasteiger partial charge in [-0.1, -0.05) is 18.2 Å². The Balaban J connectivity index is 2.26. The van der Waals surface area contributed by atoms with E-state index in [0.717, 1.165) is 27.8 Å². The van der Waals surface area contributed by atoms with Gasteiger partial charge in [-0.3, -0.25) is 9.78 Å². The van der Waals surface area contributed by atoms with Crippen molar-refractivity contribution < 1.29 is 14.7 Å². The van der Waals surface area contributed by atoms with Crippen LogP contribution in [0.25, 0.3) is 21.5 Å². The van der Waals surface area contributed by atoms with Crippen molar-refractivity contribution in [2.75, 3.05) is 0 Å². The van der Waals surface area contributed by atoms with Gasteiger partial charge in [-0.2, -0.15) is 0 Å². The van der Waals surface area contributed by atoms with Crippen LogP contribution in [0.5, 0.6) is 0 Å². The van der Waals surface area contributed by atoms with E-state index in [9.17, 15) is 9.59 Å². The predicted molar refractivity (Wildman–Crippen MR) is 79.8 cm³/mol. The highest BCUT2D eigenvalue weighted by atomic mass is 32.1. The highest BCUT2D eigenvalue weighted by Gasteiger charge is 2.22. The first kappa shape index (κ1) is 13.4. The van der Waals surface area contributed by atoms with Crippen molar-refractivity contribution in [1.82, 2.24) is 9.97 Å². The first-order valence-electron chi connectivity index (χ1n) is 6.17. The minimum absolute atomic E-state index is 0.158. The lowest BCUT2D eigenvalue weighted by Gasteiger charge is -2.01. The van der Waals surface area contributed by atoms with Crippen LogP contribution in [0.3, 0.4) is 0 Å². The largest absolute Gasteiger partial charge is 0.476 e. The minimum Gasteiger partial charge on any atom is -0.476 e. The number of aromatic carboxylic acids is 1. The number of para-hydroxylation sites is 1. The molecule has 2 aromatic heterocycles. The van der Waals surface area contributed by atoms with Crippen molar-refractivity contribution >= 4 is 34.0 Å². The molecular weight excluding hydrogens is 288 g/mol. The van der Waals surface area contributed by atoms with E-state index >= 15 is 0 Å². The van der Waals surface area contributed by atoms with Crippen LogP contribution in [0, 0.1) is 0 Å². The highest BCUT2D eigenvalue weighted by Crippen LogP contribution is 2.32. The first-order valence-corrected chi connectivity index (χ1v) is 6.98. The van der Waals surface area contributed by atoms with Gasteiger partial charge in [-0.15, -0.1) is 11.3 Å². The summed E-state index contributed by atoms with van der Waals surface area (Å²) >= 11 is 1.08. The number of carbonyl (C=O) groups is 2. The zero-order valence-electron chi connectivity index (χ0n) is 11.0. The van der Waals surface area contributed by atoms with E-state index in [1.54, 1.807) is 6.20 Å². The number of aromatic nitrogens is 2. The number of Topliss-reactive ketones (excluding diaryl/α,β-unsaturated/α-hetero) is 1. The molecule has 0 amide bonds. The molecule has 0 atom stereocenters. The summed E-state index contributed by atoms with van der Waals surface area (Å²) in [6, 6.07) is 9.35. The smallest absolute Gasteiger partial charge is 0.356 e. The summed E-state index contributed by atoms with van der Waals surface area (Å²) in [5, 5.41) is 10.6. The van der Waals surface area contributed by atoms with Gasteiger partial charge in [0, 0.05) is 24.1 Å². The number of hydrogen-bond acceptors (Lipinski definition) is 5. The Morgan fingerprint density at radius 3 is 2.62 bits per heavy atom. The molecule has 0 aliphatic carbocycles. The number of carbonyl (C=O) groups excluding carboxylic acids is 1. The molecule has 0 bridgehead atoms. The molecule has 2 heterocycles. The molecule has 0 aliphatic rings. The second-order valence-corrected chi connectivity index (χ2v) is 5.44. The molecule has 104 valence electrons. The van der Waals surface area contributed by atoms with Crippen molar-refractivity contribution in [1.29, 1.82) is 0 Å². The Morgan fingerprint density at radius 1 is 1.19 bits per heavy atom. The van der Waals surface area contributed by atoms with E-state index in [1.165, 1.54) is 6.92 Å². The van der Waals surface area contributed by atoms with Crippen molar-refractivity contribution in [3.63, 3.8) is 0 Å². The fraction of sp³-hybridized carbons (Fsp3) is 0.0667. The minimum atomic E-state index is -1.20.